The van der Waals surface area contributed by atoms with Crippen LogP contribution >= 0.6 is 0 Å². The lowest BCUT2D eigenvalue weighted by Crippen LogP contribution is -2.47. The average molecular weight is 514 g/mol. The van der Waals surface area contributed by atoms with E-state index in [0.717, 1.165) is 11.4 Å². The molecule has 0 spiro atoms. The number of fused-ring (bicyclic) bond motifs is 1. The fraction of sp³-hybridized carbons (Fsp3) is 0.391. The van der Waals surface area contributed by atoms with Crippen molar-refractivity contribution in [2.24, 2.45) is 0 Å². The largest absolute Gasteiger partial charge is 0.370 e. The molecule has 0 atom stereocenters. The Hall–Kier alpha value is -3.55. The number of amides is 2. The zero-order valence-electron chi connectivity index (χ0n) is 19.8. The Labute approximate surface area is 208 Å². The second-order valence-electron chi connectivity index (χ2n) is 8.80. The van der Waals surface area contributed by atoms with Crippen LogP contribution in [0.2, 0.25) is 0 Å². The van der Waals surface area contributed by atoms with E-state index < -0.39 is 10.0 Å². The molecule has 2 aromatic heterocycles. The first-order valence-corrected chi connectivity index (χ1v) is 13.5. The fourth-order valence-corrected chi connectivity index (χ4v) is 5.32. The van der Waals surface area contributed by atoms with Gasteiger partial charge in [-0.3, -0.25) is 9.36 Å². The normalized spacial score (nSPS) is 17.9. The molecule has 2 aliphatic rings. The molecule has 0 radical (unpaired) electrons. The number of hydrogen-bond donors (Lipinski definition) is 2. The first kappa shape index (κ1) is 24.2. The molecule has 5 rings (SSSR count). The van der Waals surface area contributed by atoms with Gasteiger partial charge < -0.3 is 20.3 Å². The summed E-state index contributed by atoms with van der Waals surface area (Å²) in [6.45, 7) is 1.87. The summed E-state index contributed by atoms with van der Waals surface area (Å²) >= 11 is 0. The van der Waals surface area contributed by atoms with Gasteiger partial charge in [-0.05, 0) is 43.2 Å². The van der Waals surface area contributed by atoms with Gasteiger partial charge >= 0.3 is 6.03 Å². The van der Waals surface area contributed by atoms with E-state index in [1.807, 2.05) is 24.3 Å². The minimum Gasteiger partial charge on any atom is -0.370 e. The first-order valence-electron chi connectivity index (χ1n) is 11.6. The number of hydrogen-bond acceptors (Lipinski definition) is 8. The molecule has 190 valence electrons. The van der Waals surface area contributed by atoms with Crippen molar-refractivity contribution in [1.29, 1.82) is 0 Å². The minimum absolute atomic E-state index is 0.0694. The molecule has 12 nitrogen and oxygen atoms in total. The maximum atomic E-state index is 12.9. The number of anilines is 3. The maximum Gasteiger partial charge on any atom is 0.327 e. The number of carbonyl (C=O) groups is 2. The highest BCUT2D eigenvalue weighted by molar-refractivity contribution is 7.88. The van der Waals surface area contributed by atoms with Gasteiger partial charge in [0.2, 0.25) is 10.0 Å². The van der Waals surface area contributed by atoms with E-state index in [0.29, 0.717) is 55.9 Å². The predicted octanol–water partition coefficient (Wildman–Crippen LogP) is 1.52. The maximum absolute atomic E-state index is 12.9. The summed E-state index contributed by atoms with van der Waals surface area (Å²) in [5.74, 6) is 0.475. The number of carbonyl (C=O) groups excluding carboxylic acids is 2. The second kappa shape index (κ2) is 9.84. The number of ether oxygens (including phenoxy) is 1. The molecule has 36 heavy (non-hydrogen) atoms. The average Bonchev–Trinajstić information content (AvgIpc) is 3.30. The van der Waals surface area contributed by atoms with Crippen molar-refractivity contribution in [3.63, 3.8) is 0 Å². The lowest BCUT2D eigenvalue weighted by Gasteiger charge is -2.30. The molecule has 0 aliphatic carbocycles. The summed E-state index contributed by atoms with van der Waals surface area (Å²) in [5, 5.41) is 6.90. The van der Waals surface area contributed by atoms with E-state index in [1.54, 1.807) is 17.2 Å². The van der Waals surface area contributed by atoms with Gasteiger partial charge in [-0.2, -0.15) is 0 Å². The summed E-state index contributed by atoms with van der Waals surface area (Å²) in [5.41, 5.74) is 2.02. The Balaban J connectivity index is 1.27. The Morgan fingerprint density at radius 1 is 1.08 bits per heavy atom. The topological polar surface area (TPSA) is 139 Å². The van der Waals surface area contributed by atoms with Crippen molar-refractivity contribution in [3.05, 3.63) is 42.9 Å². The van der Waals surface area contributed by atoms with Crippen LogP contribution in [0.15, 0.2) is 42.9 Å². The quantitative estimate of drug-likeness (QED) is 0.524. The minimum atomic E-state index is -3.22. The van der Waals surface area contributed by atoms with Crippen molar-refractivity contribution in [3.8, 4) is 0 Å². The van der Waals surface area contributed by atoms with Crippen molar-refractivity contribution in [1.82, 2.24) is 24.2 Å². The zero-order valence-corrected chi connectivity index (χ0v) is 20.6. The number of aromatic nitrogens is 3. The van der Waals surface area contributed by atoms with Gasteiger partial charge in [0.1, 0.15) is 18.8 Å². The van der Waals surface area contributed by atoms with Crippen LogP contribution in [0.1, 0.15) is 12.8 Å². The zero-order chi connectivity index (χ0) is 25.3. The van der Waals surface area contributed by atoms with Gasteiger partial charge in [-0.1, -0.05) is 0 Å². The summed E-state index contributed by atoms with van der Waals surface area (Å²) in [6.07, 6.45) is 5.32. The molecule has 2 N–H and O–H groups in total. The van der Waals surface area contributed by atoms with Crippen LogP contribution in [0.3, 0.4) is 0 Å². The molecule has 13 heteroatoms. The van der Waals surface area contributed by atoms with Crippen LogP contribution in [0.5, 0.6) is 0 Å². The Kier molecular flexibility index (Phi) is 6.60. The molecular formula is C23H27N7O5S. The van der Waals surface area contributed by atoms with Crippen LogP contribution < -0.4 is 15.5 Å². The van der Waals surface area contributed by atoms with E-state index in [-0.39, 0.29) is 24.6 Å². The van der Waals surface area contributed by atoms with Crippen LogP contribution in [-0.4, -0.2) is 84.3 Å². The highest BCUT2D eigenvalue weighted by Gasteiger charge is 2.26. The highest BCUT2D eigenvalue weighted by atomic mass is 32.2. The molecule has 4 heterocycles. The number of piperidine rings is 1. The van der Waals surface area contributed by atoms with Gasteiger partial charge in [0.05, 0.1) is 18.2 Å². The third-order valence-electron chi connectivity index (χ3n) is 6.38. The third-order valence-corrected chi connectivity index (χ3v) is 7.68. The van der Waals surface area contributed by atoms with Gasteiger partial charge in [0.15, 0.2) is 5.65 Å². The summed E-state index contributed by atoms with van der Waals surface area (Å²) in [4.78, 5) is 35.3. The number of benzene rings is 1. The first-order chi connectivity index (χ1) is 17.3. The van der Waals surface area contributed by atoms with Crippen molar-refractivity contribution in [2.75, 3.05) is 49.3 Å². The molecule has 2 saturated heterocycles. The van der Waals surface area contributed by atoms with Crippen LogP contribution in [0.4, 0.5) is 22.0 Å². The number of nitrogens with one attached hydrogen (secondary N) is 2. The highest BCUT2D eigenvalue weighted by Crippen LogP contribution is 2.26. The SMILES string of the molecule is CS(=O)(=O)N1CCC(NC(=O)n2ccc3c(Nc4ccc(N5CCOCC5=O)cc4)ncnc32)CC1. The van der Waals surface area contributed by atoms with E-state index >= 15 is 0 Å². The van der Waals surface area contributed by atoms with Gasteiger partial charge in [0.25, 0.3) is 5.91 Å². The van der Waals surface area contributed by atoms with E-state index in [9.17, 15) is 18.0 Å². The number of nitrogens with zero attached hydrogens (tertiary/aromatic N) is 5. The van der Waals surface area contributed by atoms with Crippen LogP contribution in [0, 0.1) is 0 Å². The van der Waals surface area contributed by atoms with E-state index in [4.69, 9.17) is 4.74 Å². The monoisotopic (exact) mass is 513 g/mol. The van der Waals surface area contributed by atoms with Gasteiger partial charge in [-0.15, -0.1) is 0 Å². The van der Waals surface area contributed by atoms with Crippen molar-refractivity contribution in [2.45, 2.75) is 18.9 Å². The Morgan fingerprint density at radius 2 is 1.83 bits per heavy atom. The van der Waals surface area contributed by atoms with Crippen molar-refractivity contribution >= 4 is 50.2 Å². The molecule has 2 fully saturated rings. The van der Waals surface area contributed by atoms with Crippen molar-refractivity contribution < 1.29 is 22.7 Å². The molecule has 0 unspecified atom stereocenters. The fourth-order valence-electron chi connectivity index (χ4n) is 4.44. The molecule has 2 amide bonds. The smallest absolute Gasteiger partial charge is 0.327 e. The number of sulfonamides is 1. The van der Waals surface area contributed by atoms with Crippen LogP contribution in [0.25, 0.3) is 11.0 Å². The molecule has 2 aliphatic heterocycles. The Morgan fingerprint density at radius 3 is 2.53 bits per heavy atom. The summed E-state index contributed by atoms with van der Waals surface area (Å²) in [7, 11) is -3.22. The van der Waals surface area contributed by atoms with E-state index in [2.05, 4.69) is 20.6 Å². The Bertz CT molecular complexity index is 1380. The summed E-state index contributed by atoms with van der Waals surface area (Å²) < 4.78 is 31.5. The van der Waals surface area contributed by atoms with Gasteiger partial charge in [0, 0.05) is 43.2 Å². The predicted molar refractivity (Wildman–Crippen MR) is 134 cm³/mol. The molecule has 1 aromatic carbocycles. The third kappa shape index (κ3) is 5.03. The van der Waals surface area contributed by atoms with Gasteiger partial charge in [-0.25, -0.2) is 27.5 Å². The number of rotatable bonds is 5. The van der Waals surface area contributed by atoms with Crippen LogP contribution in [-0.2, 0) is 19.6 Å². The summed E-state index contributed by atoms with van der Waals surface area (Å²) in [6, 6.07) is 8.76. The number of morpholine rings is 1. The molecular weight excluding hydrogens is 486 g/mol. The van der Waals surface area contributed by atoms with E-state index in [1.165, 1.54) is 21.5 Å². The lowest BCUT2D eigenvalue weighted by molar-refractivity contribution is -0.125. The molecule has 0 bridgehead atoms. The standard InChI is InChI=1S/C23H27N7O5S/c1-36(33,34)28-9-6-17(7-10-28)27-23(32)30-11-8-19-21(24-15-25-22(19)30)26-16-2-4-18(5-3-16)29-12-13-35-14-20(29)31/h2-5,8,11,15,17H,6-7,9-10,12-14H2,1H3,(H,27,32)(H,24,25,26). The molecule has 0 saturated carbocycles. The second-order valence-corrected chi connectivity index (χ2v) is 10.8. The lowest BCUT2D eigenvalue weighted by atomic mass is 10.1. The molecule has 3 aromatic rings.